The molecule has 4 unspecified atom stereocenters. The molecule has 0 N–H and O–H groups in total. The Morgan fingerprint density at radius 1 is 0.839 bits per heavy atom. The highest BCUT2D eigenvalue weighted by Gasteiger charge is 2.35. The molecule has 0 heterocycles. The van der Waals surface area contributed by atoms with Crippen molar-refractivity contribution in [3.63, 3.8) is 0 Å². The number of rotatable bonds is 5. The molecule has 4 rings (SSSR count). The number of allylic oxidation sites excluding steroid dienone is 3. The van der Waals surface area contributed by atoms with E-state index in [0.717, 1.165) is 47.6 Å². The lowest BCUT2D eigenvalue weighted by molar-refractivity contribution is 0.133. The first kappa shape index (κ1) is 21.7. The van der Waals surface area contributed by atoms with Gasteiger partial charge in [-0.3, -0.25) is 0 Å². The van der Waals surface area contributed by atoms with Crippen LogP contribution in [0.25, 0.3) is 0 Å². The summed E-state index contributed by atoms with van der Waals surface area (Å²) < 4.78 is 0. The predicted molar refractivity (Wildman–Crippen MR) is 133 cm³/mol. The van der Waals surface area contributed by atoms with E-state index in [-0.39, 0.29) is 0 Å². The highest BCUT2D eigenvalue weighted by atomic mass is 14.4. The van der Waals surface area contributed by atoms with Crippen LogP contribution in [0.1, 0.15) is 80.0 Å². The zero-order chi connectivity index (χ0) is 21.5. The van der Waals surface area contributed by atoms with Crippen LogP contribution in [0, 0.1) is 29.6 Å². The van der Waals surface area contributed by atoms with Gasteiger partial charge in [-0.05, 0) is 117 Å². The van der Waals surface area contributed by atoms with Crippen LogP contribution in [0.2, 0.25) is 0 Å². The maximum absolute atomic E-state index is 4.03. The second kappa shape index (κ2) is 10.7. The summed E-state index contributed by atoms with van der Waals surface area (Å²) in [5, 5.41) is 0. The van der Waals surface area contributed by atoms with Crippen LogP contribution in [0.5, 0.6) is 0 Å². The van der Waals surface area contributed by atoms with Crippen LogP contribution in [0.3, 0.4) is 0 Å². The van der Waals surface area contributed by atoms with Crippen molar-refractivity contribution in [1.82, 2.24) is 0 Å². The molecule has 2 aliphatic carbocycles. The summed E-state index contributed by atoms with van der Waals surface area (Å²) in [4.78, 5) is 0. The monoisotopic (exact) mass is 408 g/mol. The summed E-state index contributed by atoms with van der Waals surface area (Å²) in [6.45, 7) is 6.11. The molecule has 2 aliphatic rings. The Bertz CT molecular complexity index is 932. The molecule has 0 aromatic heterocycles. The van der Waals surface area contributed by atoms with E-state index in [2.05, 4.69) is 92.1 Å². The van der Waals surface area contributed by atoms with Crippen LogP contribution in [0.15, 0.2) is 73.3 Å². The molecule has 0 saturated heterocycles. The van der Waals surface area contributed by atoms with Crippen LogP contribution >= 0.6 is 0 Å². The fourth-order valence-electron chi connectivity index (χ4n) is 5.60. The molecule has 0 radical (unpaired) electrons. The molecule has 2 aromatic carbocycles. The van der Waals surface area contributed by atoms with Gasteiger partial charge < -0.3 is 0 Å². The molecule has 0 heteroatoms. The quantitative estimate of drug-likeness (QED) is 0.346. The van der Waals surface area contributed by atoms with Gasteiger partial charge in [0.1, 0.15) is 0 Å². The van der Waals surface area contributed by atoms with Crippen molar-refractivity contribution in [3.05, 3.63) is 95.6 Å². The molecule has 4 atom stereocenters. The lowest BCUT2D eigenvalue weighted by atomic mass is 9.64. The fourth-order valence-corrected chi connectivity index (χ4v) is 5.60. The molecule has 2 saturated carbocycles. The third-order valence-corrected chi connectivity index (χ3v) is 7.51. The first-order valence-corrected chi connectivity index (χ1v) is 12.2. The summed E-state index contributed by atoms with van der Waals surface area (Å²) in [5.74, 6) is 10.0. The minimum atomic E-state index is 0.735. The van der Waals surface area contributed by atoms with E-state index in [1.807, 2.05) is 0 Å². The second-order valence-electron chi connectivity index (χ2n) is 9.52. The molecular weight excluding hydrogens is 372 g/mol. The summed E-state index contributed by atoms with van der Waals surface area (Å²) in [7, 11) is 0. The van der Waals surface area contributed by atoms with Crippen LogP contribution in [0.4, 0.5) is 0 Å². The van der Waals surface area contributed by atoms with E-state index in [4.69, 9.17) is 0 Å². The van der Waals surface area contributed by atoms with E-state index >= 15 is 0 Å². The average molecular weight is 409 g/mol. The molecule has 2 fully saturated rings. The Kier molecular flexibility index (Phi) is 7.48. The normalized spacial score (nSPS) is 25.5. The summed E-state index contributed by atoms with van der Waals surface area (Å²) in [6.07, 6.45) is 17.0. The zero-order valence-electron chi connectivity index (χ0n) is 19.0. The van der Waals surface area contributed by atoms with Gasteiger partial charge in [-0.15, -0.1) is 6.58 Å². The van der Waals surface area contributed by atoms with Gasteiger partial charge in [0.2, 0.25) is 0 Å². The number of hydrogen-bond donors (Lipinski definition) is 0. The number of hydrogen-bond acceptors (Lipinski definition) is 0. The predicted octanol–water partition coefficient (Wildman–Crippen LogP) is 8.08. The maximum atomic E-state index is 4.03. The number of aryl methyl sites for hydroxylation is 1. The Labute approximate surface area is 189 Å². The molecule has 0 amide bonds. The molecule has 31 heavy (non-hydrogen) atoms. The SMILES string of the molecule is C=CC1CCC2CC(c3ccc(C#Cc4ccc(CC/C=C/C)cc4)cc3)CCC2C1. The Morgan fingerprint density at radius 2 is 1.48 bits per heavy atom. The Morgan fingerprint density at radius 3 is 2.16 bits per heavy atom. The lowest BCUT2D eigenvalue weighted by Crippen LogP contribution is -2.29. The third kappa shape index (κ3) is 5.80. The van der Waals surface area contributed by atoms with Gasteiger partial charge in [0.15, 0.2) is 0 Å². The van der Waals surface area contributed by atoms with E-state index < -0.39 is 0 Å². The van der Waals surface area contributed by atoms with Gasteiger partial charge in [-0.25, -0.2) is 0 Å². The Balaban J connectivity index is 1.33. The first-order chi connectivity index (χ1) is 15.2. The van der Waals surface area contributed by atoms with Crippen LogP contribution in [-0.2, 0) is 6.42 Å². The topological polar surface area (TPSA) is 0 Å². The smallest absolute Gasteiger partial charge is 0.0249 e. The summed E-state index contributed by atoms with van der Waals surface area (Å²) >= 11 is 0. The second-order valence-corrected chi connectivity index (χ2v) is 9.52. The lowest BCUT2D eigenvalue weighted by Gasteiger charge is -2.41. The van der Waals surface area contributed by atoms with Gasteiger partial charge in [0.25, 0.3) is 0 Å². The molecule has 2 aromatic rings. The van der Waals surface area contributed by atoms with Crippen molar-refractivity contribution in [2.45, 2.75) is 64.2 Å². The molecule has 0 nitrogen and oxygen atoms in total. The van der Waals surface area contributed by atoms with E-state index in [9.17, 15) is 0 Å². The van der Waals surface area contributed by atoms with Gasteiger partial charge in [0, 0.05) is 11.1 Å². The highest BCUT2D eigenvalue weighted by molar-refractivity contribution is 5.44. The van der Waals surface area contributed by atoms with Crippen molar-refractivity contribution >= 4 is 0 Å². The minimum absolute atomic E-state index is 0.735. The molecule has 0 bridgehead atoms. The van der Waals surface area contributed by atoms with Gasteiger partial charge >= 0.3 is 0 Å². The highest BCUT2D eigenvalue weighted by Crippen LogP contribution is 2.47. The molecule has 0 spiro atoms. The Hall–Kier alpha value is -2.52. The standard InChI is InChI=1S/C31H36/c1-3-5-6-7-25-8-10-26(11-9-25)12-13-27-15-17-28(18-16-27)30-21-20-29-22-24(4-2)14-19-31(29)23-30/h3-5,8-11,15-18,24,29-31H,2,6-7,14,19-23H2,1H3/b5-3+. The third-order valence-electron chi connectivity index (χ3n) is 7.51. The summed E-state index contributed by atoms with van der Waals surface area (Å²) in [5.41, 5.74) is 5.09. The molecule has 0 aliphatic heterocycles. The minimum Gasteiger partial charge on any atom is -0.103 e. The van der Waals surface area contributed by atoms with Crippen molar-refractivity contribution in [1.29, 1.82) is 0 Å². The molecular formula is C31H36. The van der Waals surface area contributed by atoms with Gasteiger partial charge in [-0.2, -0.15) is 0 Å². The van der Waals surface area contributed by atoms with E-state index in [1.54, 1.807) is 0 Å². The van der Waals surface area contributed by atoms with Crippen molar-refractivity contribution in [3.8, 4) is 11.8 Å². The largest absolute Gasteiger partial charge is 0.103 e. The maximum Gasteiger partial charge on any atom is 0.0249 e. The van der Waals surface area contributed by atoms with Gasteiger partial charge in [0.05, 0.1) is 0 Å². The van der Waals surface area contributed by atoms with Crippen molar-refractivity contribution < 1.29 is 0 Å². The molecule has 160 valence electrons. The van der Waals surface area contributed by atoms with Gasteiger partial charge in [-0.1, -0.05) is 54.3 Å². The summed E-state index contributed by atoms with van der Waals surface area (Å²) in [6, 6.07) is 17.8. The number of fused-ring (bicyclic) bond motifs is 1. The van der Waals surface area contributed by atoms with Crippen molar-refractivity contribution in [2.24, 2.45) is 17.8 Å². The van der Waals surface area contributed by atoms with E-state index in [0.29, 0.717) is 0 Å². The van der Waals surface area contributed by atoms with Crippen LogP contribution in [-0.4, -0.2) is 0 Å². The average Bonchev–Trinajstić information content (AvgIpc) is 2.83. The fraction of sp³-hybridized carbons (Fsp3) is 0.419. The zero-order valence-corrected chi connectivity index (χ0v) is 19.0. The first-order valence-electron chi connectivity index (χ1n) is 12.2. The van der Waals surface area contributed by atoms with Crippen molar-refractivity contribution in [2.75, 3.05) is 0 Å². The number of benzene rings is 2. The van der Waals surface area contributed by atoms with E-state index in [1.165, 1.54) is 49.7 Å². The van der Waals surface area contributed by atoms with Crippen LogP contribution < -0.4 is 0 Å².